The third-order valence-electron chi connectivity index (χ3n) is 3.68. The predicted molar refractivity (Wildman–Crippen MR) is 60.5 cm³/mol. The molecule has 2 aliphatic heterocycles. The highest BCUT2D eigenvalue weighted by Crippen LogP contribution is 2.36. The first-order valence-electron chi connectivity index (χ1n) is 6.15. The first-order chi connectivity index (χ1) is 9.09. The number of rotatable bonds is 1. The zero-order valence-corrected chi connectivity index (χ0v) is 10.1. The Morgan fingerprint density at radius 3 is 2.63 bits per heavy atom. The summed E-state index contributed by atoms with van der Waals surface area (Å²) in [6.07, 6.45) is -3.25. The van der Waals surface area contributed by atoms with Gasteiger partial charge in [-0.3, -0.25) is 0 Å². The van der Waals surface area contributed by atoms with Gasteiger partial charge in [-0.25, -0.2) is 8.78 Å². The summed E-state index contributed by atoms with van der Waals surface area (Å²) in [5.74, 6) is -1.77. The van der Waals surface area contributed by atoms with Crippen molar-refractivity contribution in [2.75, 3.05) is 13.2 Å². The normalized spacial score (nSPS) is 34.3. The summed E-state index contributed by atoms with van der Waals surface area (Å²) in [6, 6.07) is 2.48. The summed E-state index contributed by atoms with van der Waals surface area (Å²) in [4.78, 5) is 0. The van der Waals surface area contributed by atoms with Gasteiger partial charge in [0.1, 0.15) is 24.4 Å². The van der Waals surface area contributed by atoms with E-state index < -0.39 is 36.1 Å². The van der Waals surface area contributed by atoms with Crippen LogP contribution < -0.4 is 0 Å². The summed E-state index contributed by atoms with van der Waals surface area (Å²) < 4.78 is 37.8. The van der Waals surface area contributed by atoms with Crippen LogP contribution in [0.4, 0.5) is 8.78 Å². The van der Waals surface area contributed by atoms with Gasteiger partial charge < -0.3 is 19.7 Å². The van der Waals surface area contributed by atoms with Crippen LogP contribution in [0.25, 0.3) is 0 Å². The van der Waals surface area contributed by atoms with E-state index in [1.54, 1.807) is 0 Å². The summed E-state index contributed by atoms with van der Waals surface area (Å²) in [6.45, 7) is 0.228. The Balaban J connectivity index is 1.97. The molecular weight excluding hydrogens is 258 g/mol. The molecule has 0 saturated carbocycles. The van der Waals surface area contributed by atoms with Crippen molar-refractivity contribution in [2.45, 2.75) is 30.8 Å². The van der Waals surface area contributed by atoms with Gasteiger partial charge in [0.15, 0.2) is 11.6 Å². The molecule has 4 atom stereocenters. The fourth-order valence-corrected chi connectivity index (χ4v) is 2.67. The lowest BCUT2D eigenvalue weighted by Gasteiger charge is -2.31. The van der Waals surface area contributed by atoms with E-state index in [-0.39, 0.29) is 25.2 Å². The zero-order chi connectivity index (χ0) is 13.6. The fourth-order valence-electron chi connectivity index (χ4n) is 2.67. The minimum atomic E-state index is -1.09. The molecule has 19 heavy (non-hydrogen) atoms. The summed E-state index contributed by atoms with van der Waals surface area (Å²) in [5, 5.41) is 19.3. The van der Waals surface area contributed by atoms with Gasteiger partial charge in [-0.05, 0) is 23.6 Å². The number of ether oxygens (including phenoxy) is 2. The Hall–Kier alpha value is -1.08. The van der Waals surface area contributed by atoms with Crippen LogP contribution in [0.2, 0.25) is 0 Å². The lowest BCUT2D eigenvalue weighted by atomic mass is 9.91. The molecule has 0 spiro atoms. The van der Waals surface area contributed by atoms with Gasteiger partial charge in [0.2, 0.25) is 0 Å². The molecule has 1 fully saturated rings. The molecule has 104 valence electrons. The number of fused-ring (bicyclic) bond motifs is 1. The van der Waals surface area contributed by atoms with E-state index in [1.807, 2.05) is 0 Å². The van der Waals surface area contributed by atoms with Crippen LogP contribution in [0.1, 0.15) is 17.2 Å². The van der Waals surface area contributed by atoms with Gasteiger partial charge in [-0.1, -0.05) is 6.07 Å². The molecule has 4 nitrogen and oxygen atoms in total. The van der Waals surface area contributed by atoms with Gasteiger partial charge in [-0.15, -0.1) is 0 Å². The van der Waals surface area contributed by atoms with E-state index in [0.717, 1.165) is 6.07 Å². The maximum Gasteiger partial charge on any atom is 0.162 e. The van der Waals surface area contributed by atoms with Crippen molar-refractivity contribution in [1.29, 1.82) is 0 Å². The molecule has 0 radical (unpaired) electrons. The minimum absolute atomic E-state index is 0.00467. The smallest absolute Gasteiger partial charge is 0.162 e. The van der Waals surface area contributed by atoms with Crippen molar-refractivity contribution in [3.63, 3.8) is 0 Å². The molecule has 3 rings (SSSR count). The zero-order valence-electron chi connectivity index (χ0n) is 10.1. The van der Waals surface area contributed by atoms with Crippen LogP contribution in [0, 0.1) is 11.6 Å². The highest BCUT2D eigenvalue weighted by atomic mass is 19.2. The Morgan fingerprint density at radius 1 is 1.16 bits per heavy atom. The highest BCUT2D eigenvalue weighted by Gasteiger charge is 2.43. The molecule has 0 amide bonds. The molecule has 0 aliphatic carbocycles. The average molecular weight is 272 g/mol. The van der Waals surface area contributed by atoms with E-state index >= 15 is 0 Å². The minimum Gasteiger partial charge on any atom is -0.388 e. The topological polar surface area (TPSA) is 58.9 Å². The molecule has 3 unspecified atom stereocenters. The van der Waals surface area contributed by atoms with Crippen molar-refractivity contribution in [1.82, 2.24) is 0 Å². The molecule has 1 aromatic carbocycles. The first kappa shape index (κ1) is 12.9. The Morgan fingerprint density at radius 2 is 1.95 bits per heavy atom. The van der Waals surface area contributed by atoms with Gasteiger partial charge in [0.05, 0.1) is 13.2 Å². The number of halogens is 2. The molecular formula is C13H14F2O4. The second-order valence-corrected chi connectivity index (χ2v) is 4.83. The van der Waals surface area contributed by atoms with Crippen LogP contribution in [0.15, 0.2) is 12.1 Å². The lowest BCUT2D eigenvalue weighted by molar-refractivity contribution is -0.0906. The van der Waals surface area contributed by atoms with Crippen molar-refractivity contribution in [2.24, 2.45) is 0 Å². The van der Waals surface area contributed by atoms with Crippen LogP contribution >= 0.6 is 0 Å². The molecule has 2 heterocycles. The van der Waals surface area contributed by atoms with Crippen molar-refractivity contribution in [3.05, 3.63) is 34.9 Å². The quantitative estimate of drug-likeness (QED) is 0.790. The van der Waals surface area contributed by atoms with Crippen molar-refractivity contribution >= 4 is 0 Å². The van der Waals surface area contributed by atoms with Gasteiger partial charge >= 0.3 is 0 Å². The molecule has 2 N–H and O–H groups in total. The highest BCUT2D eigenvalue weighted by molar-refractivity contribution is 5.34. The lowest BCUT2D eigenvalue weighted by Crippen LogP contribution is -2.37. The van der Waals surface area contributed by atoms with E-state index in [9.17, 15) is 19.0 Å². The van der Waals surface area contributed by atoms with E-state index in [4.69, 9.17) is 9.47 Å². The standard InChI is InChI=1S/C13H14F2O4/c14-8-2-1-7-6(10(8)15)3-4-18-12(7)13-11(17)9(16)5-19-13/h1-2,9,11-13,16-17H,3-5H2/t9?,11?,12-,13?/m1/s1. The van der Waals surface area contributed by atoms with Crippen LogP contribution in [-0.4, -0.2) is 41.7 Å². The largest absolute Gasteiger partial charge is 0.388 e. The summed E-state index contributed by atoms with van der Waals surface area (Å²) >= 11 is 0. The third kappa shape index (κ3) is 2.04. The Bertz CT molecular complexity index is 494. The number of hydrogen-bond acceptors (Lipinski definition) is 4. The number of benzene rings is 1. The molecule has 0 bridgehead atoms. The molecule has 6 heteroatoms. The second-order valence-electron chi connectivity index (χ2n) is 4.83. The van der Waals surface area contributed by atoms with Crippen LogP contribution in [0.3, 0.4) is 0 Å². The number of aliphatic hydroxyl groups is 2. The summed E-state index contributed by atoms with van der Waals surface area (Å²) in [7, 11) is 0. The molecule has 0 aromatic heterocycles. The predicted octanol–water partition coefficient (Wildman–Crippen LogP) is 0.699. The maximum absolute atomic E-state index is 13.7. The third-order valence-corrected chi connectivity index (χ3v) is 3.68. The van der Waals surface area contributed by atoms with Gasteiger partial charge in [0.25, 0.3) is 0 Å². The second kappa shape index (κ2) is 4.79. The maximum atomic E-state index is 13.7. The molecule has 1 aromatic rings. The van der Waals surface area contributed by atoms with Crippen LogP contribution in [-0.2, 0) is 15.9 Å². The van der Waals surface area contributed by atoms with Gasteiger partial charge in [0, 0.05) is 0 Å². The number of aliphatic hydroxyl groups excluding tert-OH is 2. The molecule has 1 saturated heterocycles. The van der Waals surface area contributed by atoms with E-state index in [2.05, 4.69) is 0 Å². The first-order valence-corrected chi connectivity index (χ1v) is 6.15. The fraction of sp³-hybridized carbons (Fsp3) is 0.538. The van der Waals surface area contributed by atoms with Gasteiger partial charge in [-0.2, -0.15) is 0 Å². The average Bonchev–Trinajstić information content (AvgIpc) is 2.74. The van der Waals surface area contributed by atoms with Crippen molar-refractivity contribution in [3.8, 4) is 0 Å². The van der Waals surface area contributed by atoms with Crippen molar-refractivity contribution < 1.29 is 28.5 Å². The van der Waals surface area contributed by atoms with E-state index in [1.165, 1.54) is 6.07 Å². The summed E-state index contributed by atoms with van der Waals surface area (Å²) in [5.41, 5.74) is 0.733. The SMILES string of the molecule is OC1COC([C@@H]2OCCc3c2ccc(F)c3F)C1O. The van der Waals surface area contributed by atoms with E-state index in [0.29, 0.717) is 5.56 Å². The Labute approximate surface area is 108 Å². The number of hydrogen-bond donors (Lipinski definition) is 2. The monoisotopic (exact) mass is 272 g/mol. The molecule has 2 aliphatic rings. The Kier molecular flexibility index (Phi) is 3.26. The van der Waals surface area contributed by atoms with Crippen LogP contribution in [0.5, 0.6) is 0 Å².